The first-order valence-electron chi connectivity index (χ1n) is 0.771. The summed E-state index contributed by atoms with van der Waals surface area (Å²) >= 11 is -2.72. The van der Waals surface area contributed by atoms with E-state index in [-0.39, 0.29) is 28.2 Å². The molecule has 9 heteroatoms. The molecule has 0 spiro atoms. The Morgan fingerprint density at radius 3 is 1.22 bits per heavy atom. The molecule has 0 aromatic heterocycles. The molecular formula is H6Cl2N2O3PdS-2. The van der Waals surface area contributed by atoms with E-state index in [9.17, 15) is 0 Å². The fraction of sp³-hybridized carbons (Fsp3) is 0. The molecule has 0 heterocycles. The van der Waals surface area contributed by atoms with Crippen molar-refractivity contribution in [1.82, 2.24) is 0 Å². The van der Waals surface area contributed by atoms with Crippen LogP contribution >= 0.6 is 19.1 Å². The van der Waals surface area contributed by atoms with E-state index in [2.05, 4.69) is 0 Å². The Labute approximate surface area is 71.9 Å². The van der Waals surface area contributed by atoms with Gasteiger partial charge in [0.2, 0.25) is 0 Å². The Balaban J connectivity index is -0.0000000233. The third kappa shape index (κ3) is 318. The molecule has 0 aliphatic heterocycles. The van der Waals surface area contributed by atoms with Crippen molar-refractivity contribution in [2.45, 2.75) is 0 Å². The number of hydrogen-bond donors (Lipinski definition) is 2. The summed E-state index contributed by atoms with van der Waals surface area (Å²) in [7, 11) is 9.63. The third-order valence-electron chi connectivity index (χ3n) is 0. The average Bonchev–Trinajstić information content (AvgIpc) is 1.33. The van der Waals surface area contributed by atoms with Crippen molar-refractivity contribution in [2.75, 3.05) is 0 Å². The average molecular weight is 291 g/mol. The van der Waals surface area contributed by atoms with E-state index in [1.165, 1.54) is 0 Å². The van der Waals surface area contributed by atoms with Gasteiger partial charge in [-0.2, -0.15) is 4.21 Å². The van der Waals surface area contributed by atoms with Crippen LogP contribution in [0.2, 0.25) is 0 Å². The van der Waals surface area contributed by atoms with Crippen molar-refractivity contribution >= 4 is 30.4 Å². The first kappa shape index (κ1) is 22.5. The quantitative estimate of drug-likeness (QED) is 0.526. The summed E-state index contributed by atoms with van der Waals surface area (Å²) < 4.78 is 22.8. The van der Waals surface area contributed by atoms with Crippen molar-refractivity contribution in [3.05, 3.63) is 12.3 Å². The maximum Gasteiger partial charge on any atom is -0.693 e. The molecule has 5 nitrogen and oxygen atoms in total. The summed E-state index contributed by atoms with van der Waals surface area (Å²) in [6, 6.07) is 0. The van der Waals surface area contributed by atoms with Crippen LogP contribution in [0.3, 0.4) is 0 Å². The van der Waals surface area contributed by atoms with E-state index in [1.54, 1.807) is 0 Å². The van der Waals surface area contributed by atoms with Gasteiger partial charge in [-0.15, -0.1) is 0 Å². The zero-order valence-corrected chi connectivity index (χ0v) is 7.82. The van der Waals surface area contributed by atoms with Gasteiger partial charge in [-0.05, 0) is 0 Å². The maximum absolute atomic E-state index is 8.67. The zero-order valence-electron chi connectivity index (χ0n) is 3.94. The fourth-order valence-electron chi connectivity index (χ4n) is 0. The smallest absolute Gasteiger partial charge is 0.693 e. The second kappa shape index (κ2) is 22.9. The van der Waals surface area contributed by atoms with Crippen molar-refractivity contribution in [3.63, 3.8) is 0 Å². The largest absolute Gasteiger partial charge is 0.693 e. The minimum Gasteiger partial charge on any atom is -0.693 e. The second-order valence-electron chi connectivity index (χ2n) is 0.276. The standard InChI is InChI=1S/2ClH.2H2N.H2O3S.Pd/c;;;;1-4(2)3;/h2*1H;2*1H2;(H2,1,2,3);/q;;2*-1;;+2/p-2. The van der Waals surface area contributed by atoms with Gasteiger partial charge in [0.25, 0.3) is 11.4 Å². The Morgan fingerprint density at radius 1 is 1.22 bits per heavy atom. The van der Waals surface area contributed by atoms with Crippen LogP contribution < -0.4 is 0 Å². The van der Waals surface area contributed by atoms with Crippen LogP contribution in [0.1, 0.15) is 0 Å². The normalized spacial score (nSPS) is 6.33. The van der Waals surface area contributed by atoms with Crippen LogP contribution in [0.5, 0.6) is 0 Å². The molecule has 66 valence electrons. The van der Waals surface area contributed by atoms with E-state index in [0.29, 0.717) is 0 Å². The van der Waals surface area contributed by atoms with E-state index >= 15 is 0 Å². The molecule has 0 aliphatic carbocycles. The third-order valence-corrected chi connectivity index (χ3v) is 0. The van der Waals surface area contributed by atoms with Crippen LogP contribution in [0.25, 0.3) is 12.3 Å². The molecule has 0 rings (SSSR count). The fourth-order valence-corrected chi connectivity index (χ4v) is 0. The summed E-state index contributed by atoms with van der Waals surface area (Å²) in [5.41, 5.74) is 0. The van der Waals surface area contributed by atoms with Gasteiger partial charge in [-0.25, -0.2) is 0 Å². The van der Waals surface area contributed by atoms with Crippen LogP contribution in [-0.2, 0) is 27.3 Å². The van der Waals surface area contributed by atoms with Crippen LogP contribution in [0.15, 0.2) is 0 Å². The first-order chi connectivity index (χ1) is 3.15. The SMILES string of the molecule is O=S(O)O.[Cl][Pd][Cl].[NH2-].[NH2-]. The molecule has 0 amide bonds. The molecule has 0 saturated heterocycles. The molecule has 0 aromatic carbocycles. The number of hydrogen-bond acceptors (Lipinski definition) is 1. The second-order valence-corrected chi connectivity index (χ2v) is 3.10. The van der Waals surface area contributed by atoms with Gasteiger partial charge in [0.1, 0.15) is 0 Å². The Kier molecular flexibility index (Phi) is 57.0. The maximum atomic E-state index is 8.67. The minimum atomic E-state index is -2.61. The first-order valence-corrected chi connectivity index (χ1v) is 5.84. The molecule has 0 saturated carbocycles. The van der Waals surface area contributed by atoms with Gasteiger partial charge in [-0.1, -0.05) is 0 Å². The Hall–Kier alpha value is 1.23. The van der Waals surface area contributed by atoms with Gasteiger partial charge in [-0.3, -0.25) is 9.11 Å². The summed E-state index contributed by atoms with van der Waals surface area (Å²) in [4.78, 5) is 0. The molecule has 0 radical (unpaired) electrons. The Bertz CT molecular complexity index is 51.1. The summed E-state index contributed by atoms with van der Waals surface area (Å²) in [6.07, 6.45) is 0. The molecular weight excluding hydrogens is 285 g/mol. The van der Waals surface area contributed by atoms with Gasteiger partial charge in [0, 0.05) is 0 Å². The van der Waals surface area contributed by atoms with Crippen LogP contribution in [0.4, 0.5) is 0 Å². The van der Waals surface area contributed by atoms with E-state index in [1.807, 2.05) is 0 Å². The topological polar surface area (TPSA) is 125 Å². The predicted octanol–water partition coefficient (Wildman–Crippen LogP) is 2.49. The predicted molar refractivity (Wildman–Crippen MR) is 35.7 cm³/mol. The van der Waals surface area contributed by atoms with E-state index < -0.39 is 11.4 Å². The molecule has 9 heavy (non-hydrogen) atoms. The van der Waals surface area contributed by atoms with Crippen molar-refractivity contribution in [2.24, 2.45) is 0 Å². The van der Waals surface area contributed by atoms with Crippen molar-refractivity contribution < 1.29 is 29.3 Å². The molecule has 0 bridgehead atoms. The van der Waals surface area contributed by atoms with Crippen molar-refractivity contribution in [1.29, 1.82) is 0 Å². The summed E-state index contributed by atoms with van der Waals surface area (Å²) in [5, 5.41) is 0. The van der Waals surface area contributed by atoms with Gasteiger partial charge in [0.15, 0.2) is 0 Å². The molecule has 0 aromatic rings. The zero-order chi connectivity index (χ0) is 6.28. The molecule has 6 N–H and O–H groups in total. The number of halogens is 2. The number of rotatable bonds is 0. The van der Waals surface area contributed by atoms with Gasteiger partial charge < -0.3 is 12.3 Å². The molecule has 0 unspecified atom stereocenters. The van der Waals surface area contributed by atoms with Crippen LogP contribution in [-0.4, -0.2) is 13.3 Å². The summed E-state index contributed by atoms with van der Waals surface area (Å²) in [5.74, 6) is 0. The molecule has 0 aliphatic rings. The summed E-state index contributed by atoms with van der Waals surface area (Å²) in [6.45, 7) is 0. The molecule has 0 fully saturated rings. The molecule has 0 atom stereocenters. The van der Waals surface area contributed by atoms with Gasteiger partial charge in [0.05, 0.1) is 0 Å². The minimum absolute atomic E-state index is 0. The van der Waals surface area contributed by atoms with E-state index in [4.69, 9.17) is 32.4 Å². The monoisotopic (exact) mass is 290 g/mol. The number of nitrogens with two attached hydrogens (primary N) is 2. The van der Waals surface area contributed by atoms with Crippen molar-refractivity contribution in [3.8, 4) is 0 Å². The van der Waals surface area contributed by atoms with Crippen LogP contribution in [0, 0.1) is 0 Å². The van der Waals surface area contributed by atoms with E-state index in [0.717, 1.165) is 0 Å². The van der Waals surface area contributed by atoms with Gasteiger partial charge >= 0.3 is 35.0 Å². The Morgan fingerprint density at radius 2 is 1.22 bits per heavy atom.